The summed E-state index contributed by atoms with van der Waals surface area (Å²) in [7, 11) is 0. The van der Waals surface area contributed by atoms with Crippen LogP contribution in [0.1, 0.15) is 13.3 Å². The van der Waals surface area contributed by atoms with Crippen molar-refractivity contribution in [2.75, 3.05) is 0 Å². The van der Waals surface area contributed by atoms with Gasteiger partial charge in [0.2, 0.25) is 0 Å². The molecule has 0 bridgehead atoms. The number of aliphatic hydroxyl groups excluding tert-OH is 1. The van der Waals surface area contributed by atoms with E-state index >= 15 is 0 Å². The van der Waals surface area contributed by atoms with E-state index in [9.17, 15) is 5.11 Å². The summed E-state index contributed by atoms with van der Waals surface area (Å²) >= 11 is 5.82. The van der Waals surface area contributed by atoms with E-state index in [2.05, 4.69) is 10.3 Å². The topological polar surface area (TPSA) is 50.9 Å². The third-order valence-corrected chi connectivity index (χ3v) is 2.80. The Morgan fingerprint density at radius 1 is 1.35 bits per heavy atom. The largest absolute Gasteiger partial charge is 0.391 e. The van der Waals surface area contributed by atoms with Crippen molar-refractivity contribution in [1.82, 2.24) is 15.0 Å². The molecule has 0 saturated carbocycles. The van der Waals surface area contributed by atoms with Gasteiger partial charge in [-0.1, -0.05) is 35.9 Å². The molecule has 5 heteroatoms. The molecule has 0 aliphatic rings. The minimum Gasteiger partial charge on any atom is -0.391 e. The molecule has 90 valence electrons. The van der Waals surface area contributed by atoms with Gasteiger partial charge < -0.3 is 5.11 Å². The smallest absolute Gasteiger partial charge is 0.113 e. The molecule has 0 saturated heterocycles. The summed E-state index contributed by atoms with van der Waals surface area (Å²) < 4.78 is 1.65. The van der Waals surface area contributed by atoms with Crippen molar-refractivity contribution >= 4 is 11.6 Å². The average Bonchev–Trinajstić information content (AvgIpc) is 2.78. The standard InChI is InChI=1S/C12H14ClN3O/c1-2-11(17)7-16-8-12(14-15-16)9-3-5-10(13)6-4-9/h3-6,8,11,17H,2,7H2,1H3. The van der Waals surface area contributed by atoms with Gasteiger partial charge in [0.05, 0.1) is 18.8 Å². The Kier molecular flexibility index (Phi) is 3.76. The Morgan fingerprint density at radius 3 is 2.71 bits per heavy atom. The molecule has 1 atom stereocenters. The Balaban J connectivity index is 2.15. The molecule has 4 nitrogen and oxygen atoms in total. The summed E-state index contributed by atoms with van der Waals surface area (Å²) in [5.41, 5.74) is 1.75. The Labute approximate surface area is 105 Å². The molecule has 0 fully saturated rings. The number of hydrogen-bond donors (Lipinski definition) is 1. The minimum atomic E-state index is -0.380. The van der Waals surface area contributed by atoms with Crippen LogP contribution in [0, 0.1) is 0 Å². The predicted molar refractivity (Wildman–Crippen MR) is 66.8 cm³/mol. The highest BCUT2D eigenvalue weighted by Gasteiger charge is 2.06. The first-order valence-electron chi connectivity index (χ1n) is 5.53. The fourth-order valence-electron chi connectivity index (χ4n) is 1.49. The summed E-state index contributed by atoms with van der Waals surface area (Å²) in [5.74, 6) is 0. The molecular formula is C12H14ClN3O. The van der Waals surface area contributed by atoms with E-state index in [0.29, 0.717) is 18.0 Å². The molecule has 17 heavy (non-hydrogen) atoms. The third-order valence-electron chi connectivity index (χ3n) is 2.55. The Morgan fingerprint density at radius 2 is 2.06 bits per heavy atom. The van der Waals surface area contributed by atoms with Crippen LogP contribution in [0.15, 0.2) is 30.5 Å². The molecule has 1 heterocycles. The van der Waals surface area contributed by atoms with Gasteiger partial charge in [-0.3, -0.25) is 0 Å². The van der Waals surface area contributed by atoms with Crippen molar-refractivity contribution in [3.05, 3.63) is 35.5 Å². The molecule has 1 N–H and O–H groups in total. The van der Waals surface area contributed by atoms with E-state index in [4.69, 9.17) is 11.6 Å². The highest BCUT2D eigenvalue weighted by atomic mass is 35.5. The van der Waals surface area contributed by atoms with Crippen LogP contribution in [0.3, 0.4) is 0 Å². The fraction of sp³-hybridized carbons (Fsp3) is 0.333. The van der Waals surface area contributed by atoms with E-state index in [1.165, 1.54) is 0 Å². The van der Waals surface area contributed by atoms with Crippen LogP contribution in [-0.2, 0) is 6.54 Å². The lowest BCUT2D eigenvalue weighted by molar-refractivity contribution is 0.144. The maximum absolute atomic E-state index is 9.52. The van der Waals surface area contributed by atoms with Crippen LogP contribution in [0.2, 0.25) is 5.02 Å². The van der Waals surface area contributed by atoms with Gasteiger partial charge >= 0.3 is 0 Å². The van der Waals surface area contributed by atoms with E-state index < -0.39 is 0 Å². The van der Waals surface area contributed by atoms with Crippen molar-refractivity contribution in [2.24, 2.45) is 0 Å². The minimum absolute atomic E-state index is 0.380. The third kappa shape index (κ3) is 3.05. The monoisotopic (exact) mass is 251 g/mol. The summed E-state index contributed by atoms with van der Waals surface area (Å²) in [4.78, 5) is 0. The van der Waals surface area contributed by atoms with Gasteiger partial charge in [-0.2, -0.15) is 0 Å². The van der Waals surface area contributed by atoms with Crippen molar-refractivity contribution in [3.63, 3.8) is 0 Å². The molecule has 0 radical (unpaired) electrons. The summed E-state index contributed by atoms with van der Waals surface area (Å²) in [5, 5.41) is 18.3. The van der Waals surface area contributed by atoms with Gasteiger partial charge in [0.15, 0.2) is 0 Å². The number of hydrogen-bond acceptors (Lipinski definition) is 3. The maximum Gasteiger partial charge on any atom is 0.113 e. The van der Waals surface area contributed by atoms with Crippen molar-refractivity contribution in [1.29, 1.82) is 0 Å². The molecule has 0 spiro atoms. The van der Waals surface area contributed by atoms with Gasteiger partial charge in [0.25, 0.3) is 0 Å². The fourth-order valence-corrected chi connectivity index (χ4v) is 1.61. The first kappa shape index (κ1) is 12.1. The second-order valence-corrected chi connectivity index (χ2v) is 4.33. The van der Waals surface area contributed by atoms with Gasteiger partial charge in [0, 0.05) is 10.6 Å². The second-order valence-electron chi connectivity index (χ2n) is 3.89. The van der Waals surface area contributed by atoms with Gasteiger partial charge in [-0.15, -0.1) is 5.10 Å². The number of benzene rings is 1. The first-order valence-corrected chi connectivity index (χ1v) is 5.91. The molecule has 2 rings (SSSR count). The molecule has 1 aromatic carbocycles. The molecule has 2 aromatic rings. The van der Waals surface area contributed by atoms with Gasteiger partial charge in [-0.25, -0.2) is 4.68 Å². The zero-order valence-corrected chi connectivity index (χ0v) is 10.3. The first-order chi connectivity index (χ1) is 8.19. The predicted octanol–water partition coefficient (Wildman–Crippen LogP) is 2.37. The number of rotatable bonds is 4. The van der Waals surface area contributed by atoms with Crippen molar-refractivity contribution in [3.8, 4) is 11.3 Å². The number of halogens is 1. The van der Waals surface area contributed by atoms with Gasteiger partial charge in [0.1, 0.15) is 5.69 Å². The molecule has 0 aliphatic heterocycles. The number of aromatic nitrogens is 3. The van der Waals surface area contributed by atoms with E-state index in [-0.39, 0.29) is 6.10 Å². The van der Waals surface area contributed by atoms with Crippen LogP contribution < -0.4 is 0 Å². The van der Waals surface area contributed by atoms with Crippen LogP contribution >= 0.6 is 11.6 Å². The van der Waals surface area contributed by atoms with E-state index in [0.717, 1.165) is 11.3 Å². The molecule has 0 amide bonds. The van der Waals surface area contributed by atoms with Crippen LogP contribution in [0.25, 0.3) is 11.3 Å². The van der Waals surface area contributed by atoms with Crippen LogP contribution in [0.5, 0.6) is 0 Å². The molecule has 1 aromatic heterocycles. The quantitative estimate of drug-likeness (QED) is 0.908. The van der Waals surface area contributed by atoms with Crippen molar-refractivity contribution < 1.29 is 5.11 Å². The summed E-state index contributed by atoms with van der Waals surface area (Å²) in [6.07, 6.45) is 2.15. The number of nitrogens with zero attached hydrogens (tertiary/aromatic N) is 3. The highest BCUT2D eigenvalue weighted by Crippen LogP contribution is 2.18. The average molecular weight is 252 g/mol. The zero-order chi connectivity index (χ0) is 12.3. The zero-order valence-electron chi connectivity index (χ0n) is 9.55. The lowest BCUT2D eigenvalue weighted by Crippen LogP contribution is -2.15. The van der Waals surface area contributed by atoms with Crippen LogP contribution in [0.4, 0.5) is 0 Å². The van der Waals surface area contributed by atoms with E-state index in [1.54, 1.807) is 4.68 Å². The highest BCUT2D eigenvalue weighted by molar-refractivity contribution is 6.30. The molecular weight excluding hydrogens is 238 g/mol. The summed E-state index contributed by atoms with van der Waals surface area (Å²) in [6, 6.07) is 7.42. The molecule has 0 aliphatic carbocycles. The van der Waals surface area contributed by atoms with Crippen LogP contribution in [-0.4, -0.2) is 26.2 Å². The maximum atomic E-state index is 9.52. The Hall–Kier alpha value is -1.39. The SMILES string of the molecule is CCC(O)Cn1cc(-c2ccc(Cl)cc2)nn1. The summed E-state index contributed by atoms with van der Waals surface area (Å²) in [6.45, 7) is 2.40. The van der Waals surface area contributed by atoms with Crippen molar-refractivity contribution in [2.45, 2.75) is 26.0 Å². The lowest BCUT2D eigenvalue weighted by Gasteiger charge is -2.05. The number of aliphatic hydroxyl groups is 1. The van der Waals surface area contributed by atoms with Gasteiger partial charge in [-0.05, 0) is 18.6 Å². The second kappa shape index (κ2) is 5.29. The normalized spacial score (nSPS) is 12.6. The lowest BCUT2D eigenvalue weighted by atomic mass is 10.2. The van der Waals surface area contributed by atoms with E-state index in [1.807, 2.05) is 37.4 Å². The Bertz CT molecular complexity index is 481. The molecule has 1 unspecified atom stereocenters.